The summed E-state index contributed by atoms with van der Waals surface area (Å²) in [5, 5.41) is 0.496. The van der Waals surface area contributed by atoms with Gasteiger partial charge in [0.05, 0.1) is 12.2 Å². The molecule has 0 N–H and O–H groups in total. The van der Waals surface area contributed by atoms with Crippen LogP contribution in [-0.2, 0) is 23.9 Å². The number of hydrogen-bond donors (Lipinski definition) is 0. The summed E-state index contributed by atoms with van der Waals surface area (Å²) in [6.07, 6.45) is 2.47. The number of nitrogens with zero attached hydrogens (tertiary/aromatic N) is 1. The monoisotopic (exact) mass is 269 g/mol. The standard InChI is InChI=1S/C12H15NO6/c14-10-3-4-11(15)13(10)19-12(16)18-9-5-7-1-2-8(6-9)17-7/h7-9H,1-6H2/t7-,8+,9+. The van der Waals surface area contributed by atoms with Gasteiger partial charge in [-0.25, -0.2) is 4.79 Å². The molecule has 7 heteroatoms. The first-order valence-electron chi connectivity index (χ1n) is 6.51. The van der Waals surface area contributed by atoms with Crippen LogP contribution in [0.2, 0.25) is 0 Å². The van der Waals surface area contributed by atoms with Crippen LogP contribution in [0.25, 0.3) is 0 Å². The van der Waals surface area contributed by atoms with Gasteiger partial charge in [-0.15, -0.1) is 0 Å². The van der Waals surface area contributed by atoms with E-state index < -0.39 is 18.0 Å². The number of carbonyl (C=O) groups is 3. The first kappa shape index (κ1) is 12.4. The predicted octanol–water partition coefficient (Wildman–Crippen LogP) is 0.914. The van der Waals surface area contributed by atoms with Crippen molar-refractivity contribution in [2.75, 3.05) is 0 Å². The molecule has 0 radical (unpaired) electrons. The van der Waals surface area contributed by atoms with Crippen molar-refractivity contribution in [1.29, 1.82) is 0 Å². The van der Waals surface area contributed by atoms with Gasteiger partial charge in [-0.05, 0) is 12.8 Å². The Bertz CT molecular complexity index is 394. The number of fused-ring (bicyclic) bond motifs is 2. The molecular formula is C12H15NO6. The zero-order valence-corrected chi connectivity index (χ0v) is 10.4. The van der Waals surface area contributed by atoms with E-state index in [0.29, 0.717) is 17.9 Å². The minimum atomic E-state index is -0.991. The zero-order chi connectivity index (χ0) is 13.4. The third kappa shape index (κ3) is 2.56. The summed E-state index contributed by atoms with van der Waals surface area (Å²) in [6.45, 7) is 0. The van der Waals surface area contributed by atoms with Crippen molar-refractivity contribution in [2.24, 2.45) is 0 Å². The maximum Gasteiger partial charge on any atom is 0.534 e. The number of carbonyl (C=O) groups excluding carboxylic acids is 3. The Morgan fingerprint density at radius 2 is 1.68 bits per heavy atom. The largest absolute Gasteiger partial charge is 0.534 e. The predicted molar refractivity (Wildman–Crippen MR) is 59.6 cm³/mol. The molecule has 2 bridgehead atoms. The normalized spacial score (nSPS) is 33.7. The quantitative estimate of drug-likeness (QED) is 0.547. The fourth-order valence-corrected chi connectivity index (χ4v) is 2.80. The molecule has 0 aliphatic carbocycles. The Balaban J connectivity index is 1.51. The lowest BCUT2D eigenvalue weighted by Crippen LogP contribution is -2.36. The summed E-state index contributed by atoms with van der Waals surface area (Å²) >= 11 is 0. The van der Waals surface area contributed by atoms with Crippen LogP contribution in [-0.4, -0.2) is 41.3 Å². The van der Waals surface area contributed by atoms with Crippen LogP contribution in [0.15, 0.2) is 0 Å². The molecule has 0 aromatic rings. The molecule has 3 saturated heterocycles. The van der Waals surface area contributed by atoms with E-state index in [-0.39, 0.29) is 31.2 Å². The Morgan fingerprint density at radius 3 is 2.26 bits per heavy atom. The number of rotatable bonds is 2. The zero-order valence-electron chi connectivity index (χ0n) is 10.4. The number of hydrogen-bond acceptors (Lipinski definition) is 6. The van der Waals surface area contributed by atoms with Crippen molar-refractivity contribution in [2.45, 2.75) is 56.8 Å². The topological polar surface area (TPSA) is 82.1 Å². The molecule has 3 atom stereocenters. The van der Waals surface area contributed by atoms with Crippen molar-refractivity contribution in [3.05, 3.63) is 0 Å². The fraction of sp³-hybridized carbons (Fsp3) is 0.750. The molecule has 3 fully saturated rings. The molecule has 3 aliphatic rings. The van der Waals surface area contributed by atoms with E-state index in [2.05, 4.69) is 4.84 Å². The van der Waals surface area contributed by atoms with Crippen molar-refractivity contribution in [3.8, 4) is 0 Å². The molecule has 104 valence electrons. The van der Waals surface area contributed by atoms with Crippen LogP contribution in [0, 0.1) is 0 Å². The molecule has 7 nitrogen and oxygen atoms in total. The first-order valence-corrected chi connectivity index (χ1v) is 6.51. The van der Waals surface area contributed by atoms with Crippen molar-refractivity contribution in [3.63, 3.8) is 0 Å². The van der Waals surface area contributed by atoms with Gasteiger partial charge in [0.2, 0.25) is 0 Å². The van der Waals surface area contributed by atoms with Gasteiger partial charge < -0.3 is 9.47 Å². The maximum atomic E-state index is 11.6. The van der Waals surface area contributed by atoms with Crippen LogP contribution in [0.3, 0.4) is 0 Å². The molecule has 19 heavy (non-hydrogen) atoms. The van der Waals surface area contributed by atoms with Gasteiger partial charge in [0.1, 0.15) is 6.10 Å². The van der Waals surface area contributed by atoms with Crippen LogP contribution < -0.4 is 0 Å². The number of imide groups is 1. The number of hydroxylamine groups is 2. The Kier molecular flexibility index (Phi) is 3.14. The van der Waals surface area contributed by atoms with Gasteiger partial charge in [-0.3, -0.25) is 14.4 Å². The van der Waals surface area contributed by atoms with Gasteiger partial charge in [-0.1, -0.05) is 5.06 Å². The highest BCUT2D eigenvalue weighted by molar-refractivity contribution is 6.01. The highest BCUT2D eigenvalue weighted by atomic mass is 16.8. The van der Waals surface area contributed by atoms with E-state index in [9.17, 15) is 14.4 Å². The molecular weight excluding hydrogens is 254 g/mol. The van der Waals surface area contributed by atoms with Gasteiger partial charge in [0.25, 0.3) is 11.8 Å². The molecule has 3 rings (SSSR count). The van der Waals surface area contributed by atoms with E-state index in [1.54, 1.807) is 0 Å². The maximum absolute atomic E-state index is 11.6. The second-order valence-corrected chi connectivity index (χ2v) is 5.09. The molecule has 3 aliphatic heterocycles. The summed E-state index contributed by atoms with van der Waals surface area (Å²) in [5.41, 5.74) is 0. The van der Waals surface area contributed by atoms with Gasteiger partial charge in [0, 0.05) is 25.7 Å². The minimum Gasteiger partial charge on any atom is -0.429 e. The van der Waals surface area contributed by atoms with Gasteiger partial charge in [-0.2, -0.15) is 0 Å². The summed E-state index contributed by atoms with van der Waals surface area (Å²) in [4.78, 5) is 38.8. The lowest BCUT2D eigenvalue weighted by molar-refractivity contribution is -0.180. The number of amides is 2. The molecule has 0 spiro atoms. The molecule has 0 aromatic carbocycles. The summed E-state index contributed by atoms with van der Waals surface area (Å²) in [6, 6.07) is 0. The summed E-state index contributed by atoms with van der Waals surface area (Å²) < 4.78 is 10.8. The van der Waals surface area contributed by atoms with Gasteiger partial charge >= 0.3 is 6.16 Å². The van der Waals surface area contributed by atoms with Crippen LogP contribution in [0.4, 0.5) is 4.79 Å². The molecule has 0 saturated carbocycles. The molecule has 0 unspecified atom stereocenters. The average Bonchev–Trinajstić information content (AvgIpc) is 2.86. The Labute approximate surface area is 109 Å². The van der Waals surface area contributed by atoms with Gasteiger partial charge in [0.15, 0.2) is 0 Å². The molecule has 2 amide bonds. The smallest absolute Gasteiger partial charge is 0.429 e. The van der Waals surface area contributed by atoms with E-state index >= 15 is 0 Å². The molecule has 3 heterocycles. The lowest BCUT2D eigenvalue weighted by atomic mass is 10.1. The van der Waals surface area contributed by atoms with Crippen molar-refractivity contribution in [1.82, 2.24) is 5.06 Å². The van der Waals surface area contributed by atoms with Crippen LogP contribution in [0.1, 0.15) is 38.5 Å². The van der Waals surface area contributed by atoms with E-state index in [4.69, 9.17) is 9.47 Å². The second kappa shape index (κ2) is 4.80. The SMILES string of the molecule is O=C(O[C@H]1C[C@H]2CC[C@@H](C1)O2)ON1C(=O)CCC1=O. The van der Waals surface area contributed by atoms with Crippen molar-refractivity contribution < 1.29 is 28.7 Å². The summed E-state index contributed by atoms with van der Waals surface area (Å²) in [5.74, 6) is -1.01. The highest BCUT2D eigenvalue weighted by Gasteiger charge is 2.38. The number of ether oxygens (including phenoxy) is 2. The van der Waals surface area contributed by atoms with Crippen molar-refractivity contribution >= 4 is 18.0 Å². The Hall–Kier alpha value is -1.63. The van der Waals surface area contributed by atoms with Crippen LogP contribution >= 0.6 is 0 Å². The minimum absolute atomic E-state index is 0.0769. The van der Waals surface area contributed by atoms with E-state index in [0.717, 1.165) is 12.8 Å². The van der Waals surface area contributed by atoms with E-state index in [1.807, 2.05) is 0 Å². The third-order valence-corrected chi connectivity index (χ3v) is 3.68. The second-order valence-electron chi connectivity index (χ2n) is 5.09. The van der Waals surface area contributed by atoms with Crippen LogP contribution in [0.5, 0.6) is 0 Å². The highest BCUT2D eigenvalue weighted by Crippen LogP contribution is 2.33. The lowest BCUT2D eigenvalue weighted by Gasteiger charge is -2.27. The Morgan fingerprint density at radius 1 is 1.11 bits per heavy atom. The third-order valence-electron chi connectivity index (χ3n) is 3.68. The first-order chi connectivity index (χ1) is 9.11. The molecule has 0 aromatic heterocycles. The average molecular weight is 269 g/mol. The fourth-order valence-electron chi connectivity index (χ4n) is 2.80. The van der Waals surface area contributed by atoms with E-state index in [1.165, 1.54) is 0 Å². The summed E-state index contributed by atoms with van der Waals surface area (Å²) in [7, 11) is 0.